The second-order valence-corrected chi connectivity index (χ2v) is 5.04. The summed E-state index contributed by atoms with van der Waals surface area (Å²) in [5, 5.41) is 11.1. The van der Waals surface area contributed by atoms with Gasteiger partial charge in [0.05, 0.1) is 22.3 Å². The molecule has 4 rings (SSSR count). The number of para-hydroxylation sites is 1. The Morgan fingerprint density at radius 2 is 2.14 bits per heavy atom. The molecule has 104 valence electrons. The van der Waals surface area contributed by atoms with Gasteiger partial charge >= 0.3 is 0 Å². The molecule has 0 aliphatic rings. The first-order valence-electron chi connectivity index (χ1n) is 6.29. The van der Waals surface area contributed by atoms with Gasteiger partial charge in [0, 0.05) is 5.69 Å². The maximum Gasteiger partial charge on any atom is 0.173 e. The molecule has 0 saturated heterocycles. The third-order valence-electron chi connectivity index (χ3n) is 3.29. The molecule has 4 aromatic rings. The lowest BCUT2D eigenvalue weighted by molar-refractivity contribution is 0.628. The van der Waals surface area contributed by atoms with E-state index in [0.29, 0.717) is 16.9 Å². The van der Waals surface area contributed by atoms with Crippen molar-refractivity contribution in [1.29, 1.82) is 0 Å². The van der Waals surface area contributed by atoms with Crippen molar-refractivity contribution in [3.63, 3.8) is 0 Å². The van der Waals surface area contributed by atoms with Crippen molar-refractivity contribution in [2.24, 2.45) is 0 Å². The number of furan rings is 1. The van der Waals surface area contributed by atoms with Crippen LogP contribution < -0.4 is 5.32 Å². The van der Waals surface area contributed by atoms with Gasteiger partial charge in [0.15, 0.2) is 11.2 Å². The van der Waals surface area contributed by atoms with Crippen LogP contribution in [0.3, 0.4) is 0 Å². The van der Waals surface area contributed by atoms with E-state index in [0.717, 1.165) is 16.6 Å². The minimum Gasteiger partial charge on any atom is -0.450 e. The minimum absolute atomic E-state index is 0.0710. The summed E-state index contributed by atoms with van der Waals surface area (Å²) in [5.74, 6) is -0.447. The summed E-state index contributed by atoms with van der Waals surface area (Å²) in [4.78, 5) is 0. The summed E-state index contributed by atoms with van der Waals surface area (Å²) < 4.78 is 19.0. The van der Waals surface area contributed by atoms with Crippen LogP contribution in [0.1, 0.15) is 0 Å². The summed E-state index contributed by atoms with van der Waals surface area (Å²) in [5.41, 5.74) is 3.63. The van der Waals surface area contributed by atoms with Crippen molar-refractivity contribution >= 4 is 45.0 Å². The molecule has 0 fully saturated rings. The molecule has 0 aliphatic carbocycles. The van der Waals surface area contributed by atoms with Crippen LogP contribution in [-0.2, 0) is 0 Å². The van der Waals surface area contributed by atoms with Gasteiger partial charge in [0.1, 0.15) is 11.3 Å². The number of nitrogens with zero attached hydrogens (tertiary/aromatic N) is 1. The highest BCUT2D eigenvalue weighted by Gasteiger charge is 2.12. The van der Waals surface area contributed by atoms with Crippen LogP contribution in [0, 0.1) is 5.82 Å². The van der Waals surface area contributed by atoms with Crippen LogP contribution >= 0.6 is 11.6 Å². The van der Waals surface area contributed by atoms with Crippen molar-refractivity contribution in [1.82, 2.24) is 10.2 Å². The number of aromatic amines is 1. The zero-order chi connectivity index (χ0) is 14.4. The van der Waals surface area contributed by atoms with Crippen molar-refractivity contribution in [2.45, 2.75) is 0 Å². The second kappa shape index (κ2) is 4.49. The van der Waals surface area contributed by atoms with Crippen molar-refractivity contribution < 1.29 is 8.81 Å². The van der Waals surface area contributed by atoms with Crippen LogP contribution in [0.5, 0.6) is 0 Å². The van der Waals surface area contributed by atoms with E-state index in [1.807, 2.05) is 18.2 Å². The quantitative estimate of drug-likeness (QED) is 0.557. The monoisotopic (exact) mass is 301 g/mol. The maximum atomic E-state index is 13.2. The lowest BCUT2D eigenvalue weighted by Crippen LogP contribution is -1.91. The summed E-state index contributed by atoms with van der Waals surface area (Å²) in [6, 6.07) is 10.2. The Bertz CT molecular complexity index is 960. The van der Waals surface area contributed by atoms with E-state index < -0.39 is 5.82 Å². The highest BCUT2D eigenvalue weighted by molar-refractivity contribution is 6.31. The predicted octanol–water partition coefficient (Wildman–Crippen LogP) is 4.85. The van der Waals surface area contributed by atoms with Crippen LogP contribution in [-0.4, -0.2) is 10.2 Å². The van der Waals surface area contributed by atoms with Gasteiger partial charge in [0.2, 0.25) is 0 Å². The van der Waals surface area contributed by atoms with E-state index in [9.17, 15) is 4.39 Å². The first-order valence-corrected chi connectivity index (χ1v) is 6.67. The minimum atomic E-state index is -0.447. The average molecular weight is 302 g/mol. The van der Waals surface area contributed by atoms with Crippen LogP contribution in [0.25, 0.3) is 22.1 Å². The van der Waals surface area contributed by atoms with Crippen LogP contribution in [0.2, 0.25) is 5.02 Å². The van der Waals surface area contributed by atoms with Gasteiger partial charge in [-0.1, -0.05) is 17.7 Å². The summed E-state index contributed by atoms with van der Waals surface area (Å²) in [7, 11) is 0. The molecule has 0 saturated carbocycles. The van der Waals surface area contributed by atoms with E-state index in [2.05, 4.69) is 15.5 Å². The van der Waals surface area contributed by atoms with Crippen LogP contribution in [0.4, 0.5) is 15.8 Å². The highest BCUT2D eigenvalue weighted by Crippen LogP contribution is 2.33. The number of H-pyrrole nitrogens is 1. The molecule has 0 bridgehead atoms. The van der Waals surface area contributed by atoms with Gasteiger partial charge in [-0.15, -0.1) is 0 Å². The smallest absolute Gasteiger partial charge is 0.173 e. The molecule has 2 aromatic heterocycles. The fourth-order valence-corrected chi connectivity index (χ4v) is 2.50. The molecule has 0 amide bonds. The number of anilines is 2. The van der Waals surface area contributed by atoms with Gasteiger partial charge in [-0.25, -0.2) is 4.39 Å². The predicted molar refractivity (Wildman–Crippen MR) is 80.6 cm³/mol. The molecule has 6 heteroatoms. The zero-order valence-corrected chi connectivity index (χ0v) is 11.4. The van der Waals surface area contributed by atoms with Crippen molar-refractivity contribution in [2.75, 3.05) is 5.32 Å². The van der Waals surface area contributed by atoms with Crippen molar-refractivity contribution in [3.05, 3.63) is 53.4 Å². The number of hydrogen-bond donors (Lipinski definition) is 2. The molecule has 21 heavy (non-hydrogen) atoms. The molecule has 0 unspecified atom stereocenters. The average Bonchev–Trinajstić information content (AvgIpc) is 3.05. The van der Waals surface area contributed by atoms with Gasteiger partial charge in [-0.2, -0.15) is 5.10 Å². The molecular formula is C15H9ClFN3O. The van der Waals surface area contributed by atoms with E-state index in [4.69, 9.17) is 16.0 Å². The lowest BCUT2D eigenvalue weighted by atomic mass is 10.2. The third kappa shape index (κ3) is 1.94. The van der Waals surface area contributed by atoms with Gasteiger partial charge < -0.3 is 9.73 Å². The molecule has 0 atom stereocenters. The van der Waals surface area contributed by atoms with E-state index in [-0.39, 0.29) is 5.02 Å². The largest absolute Gasteiger partial charge is 0.450 e. The fraction of sp³-hybridized carbons (Fsp3) is 0. The standard InChI is InChI=1S/C15H9ClFN3O/c16-10-6-8(4-5-11(10)17)19-12-3-1-2-9-14-13(7-18-20-14)21-15(9)12/h1-7,19H,(H,18,20). The fourth-order valence-electron chi connectivity index (χ4n) is 2.32. The number of fused-ring (bicyclic) bond motifs is 3. The van der Waals surface area contributed by atoms with Crippen molar-refractivity contribution in [3.8, 4) is 0 Å². The SMILES string of the molecule is Fc1ccc(Nc2cccc3c2oc2c[nH]nc23)cc1Cl. The third-order valence-corrected chi connectivity index (χ3v) is 3.58. The molecule has 2 heterocycles. The molecule has 0 aliphatic heterocycles. The Labute approximate surface area is 123 Å². The van der Waals surface area contributed by atoms with E-state index in [1.54, 1.807) is 12.3 Å². The van der Waals surface area contributed by atoms with Gasteiger partial charge in [0.25, 0.3) is 0 Å². The lowest BCUT2D eigenvalue weighted by Gasteiger charge is -2.07. The summed E-state index contributed by atoms with van der Waals surface area (Å²) in [6.45, 7) is 0. The number of halogens is 2. The Morgan fingerprint density at radius 3 is 3.00 bits per heavy atom. The molecule has 0 radical (unpaired) electrons. The maximum absolute atomic E-state index is 13.2. The first kappa shape index (κ1) is 12.2. The summed E-state index contributed by atoms with van der Waals surface area (Å²) in [6.07, 6.45) is 1.70. The number of rotatable bonds is 2. The summed E-state index contributed by atoms with van der Waals surface area (Å²) >= 11 is 5.79. The van der Waals surface area contributed by atoms with E-state index >= 15 is 0 Å². The number of hydrogen-bond acceptors (Lipinski definition) is 3. The van der Waals surface area contributed by atoms with E-state index in [1.165, 1.54) is 12.1 Å². The molecular weight excluding hydrogens is 293 g/mol. The molecule has 2 aromatic carbocycles. The van der Waals surface area contributed by atoms with Gasteiger partial charge in [-0.3, -0.25) is 5.10 Å². The van der Waals surface area contributed by atoms with Crippen LogP contribution in [0.15, 0.2) is 47.0 Å². The molecule has 4 nitrogen and oxygen atoms in total. The number of aromatic nitrogens is 2. The molecule has 0 spiro atoms. The normalized spacial score (nSPS) is 11.3. The number of benzene rings is 2. The highest BCUT2D eigenvalue weighted by atomic mass is 35.5. The Hall–Kier alpha value is -2.53. The Balaban J connectivity index is 1.84. The zero-order valence-electron chi connectivity index (χ0n) is 10.7. The Morgan fingerprint density at radius 1 is 1.24 bits per heavy atom. The van der Waals surface area contributed by atoms with Gasteiger partial charge in [-0.05, 0) is 30.3 Å². The molecule has 2 N–H and O–H groups in total. The first-order chi connectivity index (χ1) is 10.2. The second-order valence-electron chi connectivity index (χ2n) is 4.64. The Kier molecular flexibility index (Phi) is 2.62. The topological polar surface area (TPSA) is 53.9 Å². The number of nitrogens with one attached hydrogen (secondary N) is 2.